The van der Waals surface area contributed by atoms with Gasteiger partial charge >= 0.3 is 0 Å². The Morgan fingerprint density at radius 2 is 1.76 bits per heavy atom. The van der Waals surface area contributed by atoms with Crippen molar-refractivity contribution in [3.05, 3.63) is 90.8 Å². The fraction of sp³-hybridized carbons (Fsp3) is 0.413. The van der Waals surface area contributed by atoms with Gasteiger partial charge in [0.05, 0.1) is 17.9 Å². The fourth-order valence-electron chi connectivity index (χ4n) is 8.48. The standard InChI is InChI=1S/C46H49FN6O8S/c1-27(2)59-32-20-14-28(15-21-32)41-49-39-35-11-8-9-13-38(35)61-40(39)43(50-41)60-33-24-37-42(54)51-46(45(56)52-62(57,58)34-22-23-34)25-29(46)10-6-4-3-5-7-12-36(44(55)53(37)26-33)48-31-18-16-30(47)17-19-31/h6,8-11,13-21,27,29,33-34,36-37,48H,3-5,7,12,22-26H2,1-2H3,(H,51,54)(H,52,56)/t29-,33-,36+,37+,46-/m1/s1. The molecule has 16 heteroatoms. The molecule has 2 aliphatic carbocycles. The molecule has 9 rings (SSSR count). The number of nitrogens with zero attached hydrogens (tertiary/aromatic N) is 3. The number of amides is 3. The molecule has 2 aromatic heterocycles. The molecule has 2 aliphatic heterocycles. The second kappa shape index (κ2) is 16.7. The third-order valence-corrected chi connectivity index (χ3v) is 13.8. The highest BCUT2D eigenvalue weighted by Crippen LogP contribution is 2.46. The number of benzene rings is 3. The highest BCUT2D eigenvalue weighted by molar-refractivity contribution is 7.91. The first-order valence-corrected chi connectivity index (χ1v) is 22.9. The van der Waals surface area contributed by atoms with Crippen LogP contribution >= 0.6 is 0 Å². The quantitative estimate of drug-likeness (QED) is 0.126. The van der Waals surface area contributed by atoms with Crippen LogP contribution in [0.25, 0.3) is 33.5 Å². The average molecular weight is 865 g/mol. The van der Waals surface area contributed by atoms with Crippen LogP contribution in [0, 0.1) is 11.7 Å². The van der Waals surface area contributed by atoms with Gasteiger partial charge in [0.15, 0.2) is 5.82 Å². The lowest BCUT2D eigenvalue weighted by atomic mass is 10.0. The number of rotatable bonds is 10. The molecule has 5 atom stereocenters. The molecule has 3 fully saturated rings. The first-order chi connectivity index (χ1) is 29.9. The first-order valence-electron chi connectivity index (χ1n) is 21.4. The molecule has 5 aromatic rings. The molecule has 0 bridgehead atoms. The molecule has 0 unspecified atom stereocenters. The smallest absolute Gasteiger partial charge is 0.262 e. The van der Waals surface area contributed by atoms with Crippen LogP contribution in [0.2, 0.25) is 0 Å². The normalized spacial score (nSPS) is 24.5. The van der Waals surface area contributed by atoms with Gasteiger partial charge in [0.2, 0.25) is 27.4 Å². The Morgan fingerprint density at radius 1 is 0.984 bits per heavy atom. The zero-order valence-electron chi connectivity index (χ0n) is 34.5. The zero-order chi connectivity index (χ0) is 43.2. The predicted molar refractivity (Wildman–Crippen MR) is 230 cm³/mol. The van der Waals surface area contributed by atoms with Gasteiger partial charge < -0.3 is 29.4 Å². The minimum atomic E-state index is -3.92. The lowest BCUT2D eigenvalue weighted by Crippen LogP contribution is -2.57. The lowest BCUT2D eigenvalue weighted by Gasteiger charge is -2.30. The summed E-state index contributed by atoms with van der Waals surface area (Å²) in [6, 6.07) is 18.7. The summed E-state index contributed by atoms with van der Waals surface area (Å²) in [6.45, 7) is 3.87. The largest absolute Gasteiger partial charge is 0.491 e. The predicted octanol–water partition coefficient (Wildman–Crippen LogP) is 6.80. The van der Waals surface area contributed by atoms with Crippen molar-refractivity contribution < 1.29 is 41.1 Å². The Kier molecular flexibility index (Phi) is 11.1. The molecule has 4 heterocycles. The van der Waals surface area contributed by atoms with Crippen LogP contribution < -0.4 is 24.8 Å². The van der Waals surface area contributed by atoms with Gasteiger partial charge in [0, 0.05) is 29.0 Å². The van der Waals surface area contributed by atoms with Crippen LogP contribution in [-0.2, 0) is 24.4 Å². The van der Waals surface area contributed by atoms with E-state index in [1.807, 2.05) is 74.5 Å². The van der Waals surface area contributed by atoms with E-state index in [9.17, 15) is 27.2 Å². The number of carbonyl (C=O) groups excluding carboxylic acids is 3. The minimum absolute atomic E-state index is 0.0111. The maximum Gasteiger partial charge on any atom is 0.262 e. The number of nitrogens with one attached hydrogen (secondary N) is 3. The maximum atomic E-state index is 14.8. The number of hydrogen-bond donors (Lipinski definition) is 3. The van der Waals surface area contributed by atoms with Gasteiger partial charge in [-0.3, -0.25) is 19.1 Å². The van der Waals surface area contributed by atoms with E-state index in [2.05, 4.69) is 15.4 Å². The molecule has 4 aliphatic rings. The summed E-state index contributed by atoms with van der Waals surface area (Å²) in [4.78, 5) is 54.6. The maximum absolute atomic E-state index is 14.8. The second-order valence-electron chi connectivity index (χ2n) is 17.0. The number of para-hydroxylation sites is 1. The van der Waals surface area contributed by atoms with Gasteiger partial charge in [-0.05, 0) is 113 Å². The molecule has 324 valence electrons. The summed E-state index contributed by atoms with van der Waals surface area (Å²) in [5.74, 6) is -1.47. The van der Waals surface area contributed by atoms with E-state index in [0.29, 0.717) is 71.6 Å². The second-order valence-corrected chi connectivity index (χ2v) is 19.0. The summed E-state index contributed by atoms with van der Waals surface area (Å²) in [7, 11) is -3.92. The highest BCUT2D eigenvalue weighted by Gasteiger charge is 2.62. The van der Waals surface area contributed by atoms with Crippen LogP contribution in [0.15, 0.2) is 89.4 Å². The zero-order valence-corrected chi connectivity index (χ0v) is 35.3. The fourth-order valence-corrected chi connectivity index (χ4v) is 9.85. The molecule has 3 amide bonds. The molecule has 3 aromatic carbocycles. The third-order valence-electron chi connectivity index (χ3n) is 12.0. The average Bonchev–Trinajstić information content (AvgIpc) is 4.15. The van der Waals surface area contributed by atoms with Crippen molar-refractivity contribution in [3.8, 4) is 23.0 Å². The van der Waals surface area contributed by atoms with Crippen molar-refractivity contribution in [2.24, 2.45) is 5.92 Å². The lowest BCUT2D eigenvalue weighted by molar-refractivity contribution is -0.140. The molecule has 0 radical (unpaired) electrons. The van der Waals surface area contributed by atoms with Crippen molar-refractivity contribution in [3.63, 3.8) is 0 Å². The van der Waals surface area contributed by atoms with Gasteiger partial charge in [-0.25, -0.2) is 17.8 Å². The van der Waals surface area contributed by atoms with Crippen LogP contribution in [0.5, 0.6) is 11.6 Å². The van der Waals surface area contributed by atoms with Crippen molar-refractivity contribution in [1.82, 2.24) is 24.9 Å². The first kappa shape index (κ1) is 41.3. The van der Waals surface area contributed by atoms with Crippen molar-refractivity contribution in [2.75, 3.05) is 11.9 Å². The van der Waals surface area contributed by atoms with Crippen molar-refractivity contribution >= 4 is 55.5 Å². The summed E-state index contributed by atoms with van der Waals surface area (Å²) in [5, 5.41) is 6.32. The Hall–Kier alpha value is -6.03. The Labute approximate surface area is 358 Å². The molecule has 62 heavy (non-hydrogen) atoms. The molecule has 3 N–H and O–H groups in total. The monoisotopic (exact) mass is 864 g/mol. The number of sulfonamides is 1. The van der Waals surface area contributed by atoms with Gasteiger partial charge in [0.25, 0.3) is 11.8 Å². The number of fused-ring (bicyclic) bond motifs is 5. The van der Waals surface area contributed by atoms with E-state index in [4.69, 9.17) is 23.9 Å². The number of halogens is 1. The van der Waals surface area contributed by atoms with Crippen LogP contribution in [-0.4, -0.2) is 82.6 Å². The van der Waals surface area contributed by atoms with E-state index in [-0.39, 0.29) is 37.3 Å². The van der Waals surface area contributed by atoms with Crippen LogP contribution in [0.3, 0.4) is 0 Å². The minimum Gasteiger partial charge on any atom is -0.491 e. The highest BCUT2D eigenvalue weighted by atomic mass is 32.2. The van der Waals surface area contributed by atoms with Crippen molar-refractivity contribution in [1.29, 1.82) is 0 Å². The third kappa shape index (κ3) is 8.56. The molecular weight excluding hydrogens is 816 g/mol. The van der Waals surface area contributed by atoms with Gasteiger partial charge in [0.1, 0.15) is 46.4 Å². The van der Waals surface area contributed by atoms with Crippen LogP contribution in [0.1, 0.15) is 71.6 Å². The number of furan rings is 1. The van der Waals surface area contributed by atoms with E-state index in [0.717, 1.165) is 18.2 Å². The van der Waals surface area contributed by atoms with Gasteiger partial charge in [-0.2, -0.15) is 4.98 Å². The molecule has 1 saturated heterocycles. The number of anilines is 1. The molecule has 14 nitrogen and oxygen atoms in total. The van der Waals surface area contributed by atoms with E-state index in [1.165, 1.54) is 17.0 Å². The number of allylic oxidation sites excluding steroid dienone is 1. The summed E-state index contributed by atoms with van der Waals surface area (Å²) in [5.41, 5.74) is 1.11. The summed E-state index contributed by atoms with van der Waals surface area (Å²) < 4.78 is 61.0. The Balaban J connectivity index is 1.07. The molecule has 2 saturated carbocycles. The number of hydrogen-bond acceptors (Lipinski definition) is 11. The van der Waals surface area contributed by atoms with Crippen molar-refractivity contribution in [2.45, 2.75) is 107 Å². The summed E-state index contributed by atoms with van der Waals surface area (Å²) >= 11 is 0. The van der Waals surface area contributed by atoms with Gasteiger partial charge in [-0.1, -0.05) is 37.1 Å². The molecule has 0 spiro atoms. The number of carbonyl (C=O) groups is 3. The summed E-state index contributed by atoms with van der Waals surface area (Å²) in [6.07, 6.45) is 7.65. The van der Waals surface area contributed by atoms with E-state index in [1.54, 1.807) is 12.1 Å². The Bertz CT molecular complexity index is 2650. The van der Waals surface area contributed by atoms with Gasteiger partial charge in [-0.15, -0.1) is 0 Å². The van der Waals surface area contributed by atoms with Crippen LogP contribution in [0.4, 0.5) is 10.1 Å². The Morgan fingerprint density at radius 3 is 2.52 bits per heavy atom. The van der Waals surface area contributed by atoms with E-state index < -0.39 is 62.5 Å². The number of ether oxygens (including phenoxy) is 2. The molecular formula is C46H49FN6O8S. The topological polar surface area (TPSA) is 182 Å². The SMILES string of the molecule is CC(C)Oc1ccc(-c2nc(O[C@@H]3C[C@H]4C(=O)N[C@]5(C(=O)NS(=O)(=O)C6CC6)C[C@H]5C=CCCCCC[C@H](Nc5ccc(F)cc5)C(=O)N4C3)c3oc4ccccc4c3n2)cc1. The van der Waals surface area contributed by atoms with E-state index >= 15 is 0 Å². The number of aromatic nitrogens is 2.